The molecule has 5 heteroatoms. The van der Waals surface area contributed by atoms with E-state index in [9.17, 15) is 5.11 Å². The average Bonchev–Trinajstić information content (AvgIpc) is 1.84. The maximum absolute atomic E-state index is 9.89. The second-order valence-electron chi connectivity index (χ2n) is 2.00. The van der Waals surface area contributed by atoms with Crippen LogP contribution in [0.2, 0.25) is 0 Å². The number of rotatable bonds is 3. The number of hydrogen-bond acceptors (Lipinski definition) is 3. The topological polar surface area (TPSA) is 86.4 Å². The number of hydrogen-bond donors (Lipinski definition) is 2. The van der Waals surface area contributed by atoms with Crippen molar-refractivity contribution >= 4 is 0 Å². The smallest absolute Gasteiger partial charge is 0.852 e. The fraction of sp³-hybridized carbons (Fsp3) is 1.00. The Labute approximate surface area is 81.8 Å². The average molecular weight is 159 g/mol. The van der Waals surface area contributed by atoms with E-state index in [1.165, 1.54) is 6.92 Å². The van der Waals surface area contributed by atoms with Crippen molar-refractivity contribution < 1.29 is 50.0 Å². The van der Waals surface area contributed by atoms with Crippen LogP contribution in [0.4, 0.5) is 0 Å². The summed E-state index contributed by atoms with van der Waals surface area (Å²) < 4.78 is 0. The predicted molar refractivity (Wildman–Crippen MR) is 30.0 cm³/mol. The van der Waals surface area contributed by atoms with Gasteiger partial charge < -0.3 is 20.4 Å². The third-order valence-electron chi connectivity index (χ3n) is 1.11. The first-order valence-corrected chi connectivity index (χ1v) is 2.75. The van der Waals surface area contributed by atoms with Gasteiger partial charge >= 0.3 is 29.6 Å². The Morgan fingerprint density at radius 3 is 2.00 bits per heavy atom. The molecule has 3 atom stereocenters. The van der Waals surface area contributed by atoms with E-state index in [0.29, 0.717) is 0 Å². The van der Waals surface area contributed by atoms with Crippen LogP contribution in [0.15, 0.2) is 0 Å². The third kappa shape index (κ3) is 4.62. The molecule has 0 fully saturated rings. The monoisotopic (exact) mass is 159 g/mol. The maximum Gasteiger partial charge on any atom is 1.00 e. The van der Waals surface area contributed by atoms with Gasteiger partial charge in [0.2, 0.25) is 6.10 Å². The molecule has 0 aliphatic carbocycles. The molecule has 0 aromatic heterocycles. The first-order valence-electron chi connectivity index (χ1n) is 2.75. The van der Waals surface area contributed by atoms with E-state index in [0.717, 1.165) is 0 Å². The van der Waals surface area contributed by atoms with Crippen LogP contribution in [0, 0.1) is 0 Å². The molecule has 0 radical (unpaired) electrons. The zero-order chi connectivity index (χ0) is 7.44. The van der Waals surface area contributed by atoms with Crippen LogP contribution in [0.5, 0.6) is 0 Å². The van der Waals surface area contributed by atoms with Gasteiger partial charge in [-0.05, 0) is 6.92 Å². The van der Waals surface area contributed by atoms with Crippen molar-refractivity contribution in [3.63, 3.8) is 0 Å². The van der Waals surface area contributed by atoms with Gasteiger partial charge in [0.25, 0.3) is 0 Å². The normalized spacial score (nSPS) is 18.9. The van der Waals surface area contributed by atoms with Crippen LogP contribution >= 0.6 is 0 Å². The second-order valence-corrected chi connectivity index (χ2v) is 2.00. The maximum atomic E-state index is 9.89. The van der Waals surface area contributed by atoms with Gasteiger partial charge in [0.15, 0.2) is 0 Å². The van der Waals surface area contributed by atoms with Crippen LogP contribution < -0.4 is 34.7 Å². The van der Waals surface area contributed by atoms with Gasteiger partial charge in [-0.1, -0.05) is 0 Å². The molecule has 0 aliphatic rings. The zero-order valence-electron chi connectivity index (χ0n) is 6.24. The van der Waals surface area contributed by atoms with Crippen LogP contribution in [0.25, 0.3) is 0 Å². The molecule has 4 nitrogen and oxygen atoms in total. The summed E-state index contributed by atoms with van der Waals surface area (Å²) in [6.45, 7) is 0.648. The van der Waals surface area contributed by atoms with Gasteiger partial charge in [0.05, 0.1) is 0 Å². The van der Waals surface area contributed by atoms with Crippen molar-refractivity contribution in [1.82, 2.24) is 0 Å². The Hall–Kier alpha value is 0.840. The summed E-state index contributed by atoms with van der Waals surface area (Å²) in [5, 5.41) is 34.1. The van der Waals surface area contributed by atoms with Gasteiger partial charge in [0.1, 0.15) is 12.2 Å². The summed E-state index contributed by atoms with van der Waals surface area (Å²) in [4.78, 5) is 0. The van der Waals surface area contributed by atoms with Gasteiger partial charge in [-0.3, -0.25) is 0 Å². The molecule has 0 aliphatic heterocycles. The van der Waals surface area contributed by atoms with Gasteiger partial charge in [-0.2, -0.15) is 0 Å². The van der Waals surface area contributed by atoms with E-state index in [1.54, 1.807) is 0 Å². The summed E-state index contributed by atoms with van der Waals surface area (Å²) in [5.74, 6) is 0. The molecule has 0 heterocycles. The molecular formula is C5H12NaO4+. The fourth-order valence-corrected chi connectivity index (χ4v) is 0.425. The Bertz CT molecular complexity index is 78.0. The second kappa shape index (κ2) is 6.54. The summed E-state index contributed by atoms with van der Waals surface area (Å²) in [7, 11) is 0. The molecule has 0 rings (SSSR count). The van der Waals surface area contributed by atoms with Crippen molar-refractivity contribution in [2.45, 2.75) is 25.2 Å². The molecular weight excluding hydrogens is 147 g/mol. The Morgan fingerprint density at radius 1 is 1.50 bits per heavy atom. The van der Waals surface area contributed by atoms with E-state index in [4.69, 9.17) is 15.3 Å². The van der Waals surface area contributed by atoms with Crippen LogP contribution in [0.3, 0.4) is 0 Å². The SMILES string of the molecule is CC(O)C([OH2+])C(O)C[O-].[Na+]. The molecule has 4 N–H and O–H groups in total. The van der Waals surface area contributed by atoms with E-state index >= 15 is 0 Å². The van der Waals surface area contributed by atoms with E-state index < -0.39 is 24.9 Å². The zero-order valence-corrected chi connectivity index (χ0v) is 8.24. The minimum Gasteiger partial charge on any atom is -0.852 e. The number of aliphatic hydroxyl groups excluding tert-OH is 2. The number of aliphatic hydroxyl groups is 2. The molecule has 0 spiro atoms. The van der Waals surface area contributed by atoms with Crippen molar-refractivity contribution in [2.75, 3.05) is 6.61 Å². The molecule has 0 aromatic rings. The molecule has 0 saturated carbocycles. The largest absolute Gasteiger partial charge is 1.00 e. The van der Waals surface area contributed by atoms with Crippen molar-refractivity contribution in [3.05, 3.63) is 0 Å². The first-order chi connectivity index (χ1) is 4.09. The van der Waals surface area contributed by atoms with Gasteiger partial charge in [0, 0.05) is 0 Å². The fourth-order valence-electron chi connectivity index (χ4n) is 0.425. The predicted octanol–water partition coefficient (Wildman–Crippen LogP) is -5.81. The summed E-state index contributed by atoms with van der Waals surface area (Å²) in [6.07, 6.45) is -3.25. The summed E-state index contributed by atoms with van der Waals surface area (Å²) >= 11 is 0. The molecule has 0 aromatic carbocycles. The summed E-state index contributed by atoms with van der Waals surface area (Å²) in [6, 6.07) is 0. The molecule has 0 saturated heterocycles. The molecule has 3 unspecified atom stereocenters. The first kappa shape index (κ1) is 13.4. The standard InChI is InChI=1S/C5H11O4.Na/c1-3(7)5(9)4(8)2-6;/h3-5,7-9H,2H2,1H3;/q-1;+1/p+1. The quantitative estimate of drug-likeness (QED) is 0.317. The van der Waals surface area contributed by atoms with Crippen molar-refractivity contribution in [1.29, 1.82) is 0 Å². The van der Waals surface area contributed by atoms with E-state index in [-0.39, 0.29) is 29.6 Å². The van der Waals surface area contributed by atoms with Crippen molar-refractivity contribution in [2.24, 2.45) is 0 Å². The molecule has 56 valence electrons. The third-order valence-corrected chi connectivity index (χ3v) is 1.11. The van der Waals surface area contributed by atoms with E-state index in [1.807, 2.05) is 0 Å². The summed E-state index contributed by atoms with van der Waals surface area (Å²) in [5.41, 5.74) is 0. The Morgan fingerprint density at radius 2 is 1.90 bits per heavy atom. The molecule has 10 heavy (non-hydrogen) atoms. The van der Waals surface area contributed by atoms with Crippen molar-refractivity contribution in [3.8, 4) is 0 Å². The molecule has 0 bridgehead atoms. The van der Waals surface area contributed by atoms with Gasteiger partial charge in [-0.25, -0.2) is 0 Å². The Kier molecular flexibility index (Phi) is 8.79. The Balaban J connectivity index is 0. The van der Waals surface area contributed by atoms with Crippen LogP contribution in [-0.2, 0) is 0 Å². The van der Waals surface area contributed by atoms with Crippen LogP contribution in [0.1, 0.15) is 6.92 Å². The minimum atomic E-state index is -1.25. The molecule has 0 amide bonds. The minimum absolute atomic E-state index is 0. The van der Waals surface area contributed by atoms with Gasteiger partial charge in [-0.15, -0.1) is 6.61 Å². The van der Waals surface area contributed by atoms with E-state index in [2.05, 4.69) is 0 Å². The van der Waals surface area contributed by atoms with Crippen LogP contribution in [-0.4, -0.2) is 40.2 Å².